The Kier molecular flexibility index (Phi) is 6.03. The van der Waals surface area contributed by atoms with Gasteiger partial charge in [0.15, 0.2) is 0 Å². The lowest BCUT2D eigenvalue weighted by Crippen LogP contribution is -2.30. The number of nitrogens with zero attached hydrogens (tertiary/aromatic N) is 1. The highest BCUT2D eigenvalue weighted by atomic mass is 16.5. The van der Waals surface area contributed by atoms with Gasteiger partial charge in [0.05, 0.1) is 12.0 Å². The zero-order chi connectivity index (χ0) is 21.8. The first-order chi connectivity index (χ1) is 15.0. The second kappa shape index (κ2) is 9.04. The maximum Gasteiger partial charge on any atom is 0.229 e. The molecule has 1 heterocycles. The van der Waals surface area contributed by atoms with E-state index < -0.39 is 0 Å². The van der Waals surface area contributed by atoms with Crippen molar-refractivity contribution < 1.29 is 14.3 Å². The zero-order valence-electron chi connectivity index (χ0n) is 17.7. The van der Waals surface area contributed by atoms with Gasteiger partial charge in [-0.3, -0.25) is 9.59 Å². The van der Waals surface area contributed by atoms with Gasteiger partial charge in [-0.1, -0.05) is 42.5 Å². The summed E-state index contributed by atoms with van der Waals surface area (Å²) in [6, 6.07) is 24.9. The fraction of sp³-hybridized carbons (Fsp3) is 0.231. The minimum atomic E-state index is -0.359. The van der Waals surface area contributed by atoms with Crippen LogP contribution in [-0.4, -0.2) is 23.3 Å². The van der Waals surface area contributed by atoms with E-state index in [1.54, 1.807) is 4.90 Å². The van der Waals surface area contributed by atoms with E-state index in [0.29, 0.717) is 18.0 Å². The highest BCUT2D eigenvalue weighted by Crippen LogP contribution is 2.29. The number of amides is 2. The molecule has 158 valence electrons. The Balaban J connectivity index is 1.35. The first-order valence-corrected chi connectivity index (χ1v) is 10.5. The molecule has 0 aliphatic carbocycles. The monoisotopic (exact) mass is 414 g/mol. The normalized spacial score (nSPS) is 16.8. The van der Waals surface area contributed by atoms with Crippen molar-refractivity contribution in [3.8, 4) is 11.5 Å². The van der Waals surface area contributed by atoms with E-state index in [1.807, 2.05) is 92.7 Å². The summed E-state index contributed by atoms with van der Waals surface area (Å²) >= 11 is 0. The van der Waals surface area contributed by atoms with E-state index in [1.165, 1.54) is 0 Å². The van der Waals surface area contributed by atoms with Gasteiger partial charge in [-0.15, -0.1) is 0 Å². The maximum atomic E-state index is 12.8. The molecular formula is C26H26N2O3. The third-order valence-corrected chi connectivity index (χ3v) is 5.63. The number of carbonyl (C=O) groups excluding carboxylic acids is 2. The third-order valence-electron chi connectivity index (χ3n) is 5.63. The average molecular weight is 415 g/mol. The number of nitrogens with one attached hydrogen (secondary N) is 1. The molecule has 2 atom stereocenters. The summed E-state index contributed by atoms with van der Waals surface area (Å²) in [5, 5.41) is 2.93. The number of aryl methyl sites for hydroxylation is 1. The van der Waals surface area contributed by atoms with E-state index in [4.69, 9.17) is 4.74 Å². The van der Waals surface area contributed by atoms with Gasteiger partial charge < -0.3 is 15.0 Å². The van der Waals surface area contributed by atoms with Crippen molar-refractivity contribution in [3.63, 3.8) is 0 Å². The van der Waals surface area contributed by atoms with Crippen molar-refractivity contribution in [2.45, 2.75) is 26.3 Å². The van der Waals surface area contributed by atoms with Crippen LogP contribution in [0.15, 0.2) is 78.9 Å². The predicted octanol–water partition coefficient (Wildman–Crippen LogP) is 5.34. The SMILES string of the molecule is Cc1cccc(Oc2ccc(NC(=O)[C@H]3CC(=O)N([C@H](C)c4ccccc4)C3)cc2)c1. The van der Waals surface area contributed by atoms with E-state index in [-0.39, 0.29) is 30.2 Å². The molecule has 1 aliphatic heterocycles. The number of ether oxygens (including phenoxy) is 1. The molecule has 5 heteroatoms. The van der Waals surface area contributed by atoms with E-state index in [2.05, 4.69) is 5.32 Å². The Bertz CT molecular complexity index is 1060. The van der Waals surface area contributed by atoms with Gasteiger partial charge >= 0.3 is 0 Å². The second-order valence-corrected chi connectivity index (χ2v) is 7.97. The quantitative estimate of drug-likeness (QED) is 0.593. The Labute approximate surface area is 182 Å². The number of hydrogen-bond donors (Lipinski definition) is 1. The van der Waals surface area contributed by atoms with Gasteiger partial charge in [0, 0.05) is 18.7 Å². The molecule has 0 saturated carbocycles. The minimum Gasteiger partial charge on any atom is -0.457 e. The molecule has 0 unspecified atom stereocenters. The molecule has 1 N–H and O–H groups in total. The highest BCUT2D eigenvalue weighted by Gasteiger charge is 2.37. The lowest BCUT2D eigenvalue weighted by Gasteiger charge is -2.25. The lowest BCUT2D eigenvalue weighted by atomic mass is 10.1. The van der Waals surface area contributed by atoms with Gasteiger partial charge in [0.25, 0.3) is 0 Å². The molecular weight excluding hydrogens is 388 g/mol. The summed E-state index contributed by atoms with van der Waals surface area (Å²) < 4.78 is 5.85. The number of hydrogen-bond acceptors (Lipinski definition) is 3. The summed E-state index contributed by atoms with van der Waals surface area (Å²) in [5.74, 6) is 0.986. The largest absolute Gasteiger partial charge is 0.457 e. The molecule has 3 aromatic rings. The summed E-state index contributed by atoms with van der Waals surface area (Å²) in [5.41, 5.74) is 2.88. The Morgan fingerprint density at radius 1 is 1.00 bits per heavy atom. The molecule has 2 amide bonds. The summed E-state index contributed by atoms with van der Waals surface area (Å²) in [6.07, 6.45) is 0.234. The molecule has 0 spiro atoms. The van der Waals surface area contributed by atoms with Crippen molar-refractivity contribution in [3.05, 3.63) is 90.0 Å². The molecule has 0 bridgehead atoms. The molecule has 4 rings (SSSR count). The number of anilines is 1. The summed E-state index contributed by atoms with van der Waals surface area (Å²) in [6.45, 7) is 4.44. The third kappa shape index (κ3) is 4.94. The predicted molar refractivity (Wildman–Crippen MR) is 121 cm³/mol. The van der Waals surface area contributed by atoms with Crippen LogP contribution in [-0.2, 0) is 9.59 Å². The summed E-state index contributed by atoms with van der Waals surface area (Å²) in [4.78, 5) is 27.1. The van der Waals surface area contributed by atoms with Crippen LogP contribution in [0.3, 0.4) is 0 Å². The van der Waals surface area contributed by atoms with Crippen molar-refractivity contribution in [2.75, 3.05) is 11.9 Å². The van der Waals surface area contributed by atoms with E-state index >= 15 is 0 Å². The molecule has 1 aliphatic rings. The molecule has 1 saturated heterocycles. The van der Waals surface area contributed by atoms with E-state index in [0.717, 1.165) is 16.9 Å². The minimum absolute atomic E-state index is 0.0124. The standard InChI is InChI=1S/C26H26N2O3/c1-18-7-6-10-24(15-18)31-23-13-11-22(12-14-23)27-26(30)21-16-25(29)28(17-21)19(2)20-8-4-3-5-9-20/h3-15,19,21H,16-17H2,1-2H3,(H,27,30)/t19-,21+/m1/s1. The zero-order valence-corrected chi connectivity index (χ0v) is 17.7. The van der Waals surface area contributed by atoms with Crippen LogP contribution in [0, 0.1) is 12.8 Å². The number of carbonyl (C=O) groups is 2. The first-order valence-electron chi connectivity index (χ1n) is 10.5. The molecule has 1 fully saturated rings. The number of benzene rings is 3. The lowest BCUT2D eigenvalue weighted by molar-refractivity contribution is -0.129. The van der Waals surface area contributed by atoms with E-state index in [9.17, 15) is 9.59 Å². The van der Waals surface area contributed by atoms with Crippen LogP contribution in [0.4, 0.5) is 5.69 Å². The maximum absolute atomic E-state index is 12.8. The molecule has 0 radical (unpaired) electrons. The highest BCUT2D eigenvalue weighted by molar-refractivity contribution is 5.97. The first kappa shape index (κ1) is 20.7. The van der Waals surface area contributed by atoms with Crippen LogP contribution in [0.1, 0.15) is 30.5 Å². The average Bonchev–Trinajstić information content (AvgIpc) is 3.17. The number of likely N-dealkylation sites (tertiary alicyclic amines) is 1. The van der Waals surface area contributed by atoms with Crippen LogP contribution in [0.2, 0.25) is 0 Å². The van der Waals surface area contributed by atoms with Gasteiger partial charge in [0.2, 0.25) is 11.8 Å². The van der Waals surface area contributed by atoms with Gasteiger partial charge in [0.1, 0.15) is 11.5 Å². The topological polar surface area (TPSA) is 58.6 Å². The molecule has 0 aromatic heterocycles. The van der Waals surface area contributed by atoms with Crippen molar-refractivity contribution in [2.24, 2.45) is 5.92 Å². The van der Waals surface area contributed by atoms with Crippen LogP contribution < -0.4 is 10.1 Å². The Morgan fingerprint density at radius 2 is 1.74 bits per heavy atom. The molecule has 5 nitrogen and oxygen atoms in total. The van der Waals surface area contributed by atoms with Crippen LogP contribution in [0.25, 0.3) is 0 Å². The smallest absolute Gasteiger partial charge is 0.229 e. The molecule has 31 heavy (non-hydrogen) atoms. The van der Waals surface area contributed by atoms with Gasteiger partial charge in [-0.05, 0) is 61.4 Å². The van der Waals surface area contributed by atoms with Gasteiger partial charge in [-0.25, -0.2) is 0 Å². The van der Waals surface area contributed by atoms with Crippen LogP contribution >= 0.6 is 0 Å². The van der Waals surface area contributed by atoms with Gasteiger partial charge in [-0.2, -0.15) is 0 Å². The Morgan fingerprint density at radius 3 is 2.45 bits per heavy atom. The molecule has 3 aromatic carbocycles. The fourth-order valence-electron chi connectivity index (χ4n) is 3.86. The van der Waals surface area contributed by atoms with Crippen molar-refractivity contribution >= 4 is 17.5 Å². The fourth-order valence-corrected chi connectivity index (χ4v) is 3.86. The number of rotatable bonds is 6. The second-order valence-electron chi connectivity index (χ2n) is 7.97. The van der Waals surface area contributed by atoms with Crippen LogP contribution in [0.5, 0.6) is 11.5 Å². The Hall–Kier alpha value is -3.60. The summed E-state index contributed by atoms with van der Waals surface area (Å²) in [7, 11) is 0. The van der Waals surface area contributed by atoms with Crippen molar-refractivity contribution in [1.29, 1.82) is 0 Å². The van der Waals surface area contributed by atoms with Crippen molar-refractivity contribution in [1.82, 2.24) is 4.90 Å².